The van der Waals surface area contributed by atoms with Crippen molar-refractivity contribution in [2.24, 2.45) is 0 Å². The lowest BCUT2D eigenvalue weighted by atomic mass is 10.2. The monoisotopic (exact) mass is 110 g/mol. The van der Waals surface area contributed by atoms with E-state index in [1.54, 1.807) is 0 Å². The minimum absolute atomic E-state index is 1.21. The van der Waals surface area contributed by atoms with E-state index in [-0.39, 0.29) is 0 Å². The second-order valence-corrected chi connectivity index (χ2v) is 2.06. The van der Waals surface area contributed by atoms with E-state index >= 15 is 0 Å². The Morgan fingerprint density at radius 1 is 1.12 bits per heavy atom. The van der Waals surface area contributed by atoms with E-state index in [0.29, 0.717) is 0 Å². The Morgan fingerprint density at radius 2 is 2.00 bits per heavy atom. The molecule has 0 saturated heterocycles. The maximum atomic E-state index is 3.08. The van der Waals surface area contributed by atoms with Gasteiger partial charge in [-0.1, -0.05) is 12.5 Å². The Bertz CT molecular complexity index is 66.5. The molecule has 0 aliphatic carbocycles. The molecule has 1 aliphatic rings. The molecule has 1 heterocycles. The van der Waals surface area contributed by atoms with Crippen LogP contribution in [0.15, 0.2) is 12.3 Å². The largest absolute Gasteiger partial charge is 0.386 e. The topological polar surface area (TPSA) is 12.0 Å². The summed E-state index contributed by atoms with van der Waals surface area (Å²) in [5, 5.41) is 3.08. The molecule has 1 N–H and O–H groups in total. The van der Waals surface area contributed by atoms with Crippen LogP contribution >= 0.6 is 0 Å². The number of nitrogens with one attached hydrogen (secondary N) is 1. The van der Waals surface area contributed by atoms with Crippen molar-refractivity contribution in [1.82, 2.24) is 5.32 Å². The number of allylic oxidation sites excluding steroid dienone is 1. The highest BCUT2D eigenvalue weighted by molar-refractivity contribution is 4.84. The van der Waals surface area contributed by atoms with Crippen molar-refractivity contribution >= 4 is 0 Å². The van der Waals surface area contributed by atoms with Crippen LogP contribution in [0, 0.1) is 6.54 Å². The highest BCUT2D eigenvalue weighted by Crippen LogP contribution is 2.03. The molecule has 0 aromatic carbocycles. The molecular formula is C7H12N. The van der Waals surface area contributed by atoms with Gasteiger partial charge in [0.2, 0.25) is 0 Å². The second kappa shape index (κ2) is 3.53. The number of hydrogen-bond donors (Lipinski definition) is 1. The minimum atomic E-state index is 1.21. The summed E-state index contributed by atoms with van der Waals surface area (Å²) < 4.78 is 0. The Morgan fingerprint density at radius 3 is 3.00 bits per heavy atom. The highest BCUT2D eigenvalue weighted by Gasteiger charge is 1.89. The zero-order valence-electron chi connectivity index (χ0n) is 5.06. The summed E-state index contributed by atoms with van der Waals surface area (Å²) in [6.07, 6.45) is 9.31. The molecular weight excluding hydrogens is 98.1 g/mol. The third-order valence-electron chi connectivity index (χ3n) is 1.30. The zero-order chi connectivity index (χ0) is 5.66. The van der Waals surface area contributed by atoms with E-state index in [9.17, 15) is 0 Å². The predicted molar refractivity (Wildman–Crippen MR) is 35.0 cm³/mol. The molecule has 0 spiro atoms. The summed E-state index contributed by atoms with van der Waals surface area (Å²) in [7, 11) is 0. The van der Waals surface area contributed by atoms with E-state index in [4.69, 9.17) is 0 Å². The Labute approximate surface area is 50.8 Å². The average Bonchev–Trinajstić information content (AvgIpc) is 1.62. The summed E-state index contributed by atoms with van der Waals surface area (Å²) in [5.74, 6) is 0. The average molecular weight is 110 g/mol. The SMILES string of the molecule is [CH]1CCCCC=CN1. The van der Waals surface area contributed by atoms with Gasteiger partial charge in [0.15, 0.2) is 0 Å². The van der Waals surface area contributed by atoms with Crippen LogP contribution < -0.4 is 5.32 Å². The third kappa shape index (κ3) is 2.01. The van der Waals surface area contributed by atoms with E-state index in [0.717, 1.165) is 0 Å². The van der Waals surface area contributed by atoms with Gasteiger partial charge in [-0.05, 0) is 25.5 Å². The van der Waals surface area contributed by atoms with Gasteiger partial charge in [0, 0.05) is 6.54 Å². The van der Waals surface area contributed by atoms with Gasteiger partial charge in [0.25, 0.3) is 0 Å². The van der Waals surface area contributed by atoms with Crippen molar-refractivity contribution in [3.63, 3.8) is 0 Å². The Balaban J connectivity index is 2.17. The van der Waals surface area contributed by atoms with Gasteiger partial charge >= 0.3 is 0 Å². The summed E-state index contributed by atoms with van der Waals surface area (Å²) >= 11 is 0. The van der Waals surface area contributed by atoms with Crippen molar-refractivity contribution < 1.29 is 0 Å². The summed E-state index contributed by atoms with van der Waals surface area (Å²) in [6.45, 7) is 2.11. The van der Waals surface area contributed by atoms with E-state index in [1.165, 1.54) is 25.7 Å². The van der Waals surface area contributed by atoms with Crippen molar-refractivity contribution in [3.8, 4) is 0 Å². The van der Waals surface area contributed by atoms with Gasteiger partial charge in [-0.2, -0.15) is 0 Å². The van der Waals surface area contributed by atoms with Crippen molar-refractivity contribution in [2.75, 3.05) is 0 Å². The van der Waals surface area contributed by atoms with Crippen LogP contribution in [-0.4, -0.2) is 0 Å². The van der Waals surface area contributed by atoms with Gasteiger partial charge in [0.1, 0.15) is 0 Å². The van der Waals surface area contributed by atoms with Crippen molar-refractivity contribution in [3.05, 3.63) is 18.8 Å². The normalized spacial score (nSPS) is 21.0. The van der Waals surface area contributed by atoms with Crippen LogP contribution in [0.4, 0.5) is 0 Å². The number of rotatable bonds is 0. The second-order valence-electron chi connectivity index (χ2n) is 2.06. The molecule has 0 unspecified atom stereocenters. The molecule has 0 aromatic rings. The van der Waals surface area contributed by atoms with Crippen LogP contribution in [0.5, 0.6) is 0 Å². The maximum absolute atomic E-state index is 3.08. The lowest BCUT2D eigenvalue weighted by Crippen LogP contribution is -2.01. The van der Waals surface area contributed by atoms with E-state index < -0.39 is 0 Å². The molecule has 1 nitrogen and oxygen atoms in total. The van der Waals surface area contributed by atoms with Crippen molar-refractivity contribution in [1.29, 1.82) is 0 Å². The van der Waals surface area contributed by atoms with Crippen molar-refractivity contribution in [2.45, 2.75) is 25.7 Å². The molecule has 0 aromatic heterocycles. The quantitative estimate of drug-likeness (QED) is 0.501. The molecule has 1 aliphatic heterocycles. The molecule has 0 fully saturated rings. The Kier molecular flexibility index (Phi) is 2.50. The smallest absolute Gasteiger partial charge is 0.0456 e. The lowest BCUT2D eigenvalue weighted by Gasteiger charge is -2.02. The first kappa shape index (κ1) is 5.67. The first-order valence-corrected chi connectivity index (χ1v) is 3.23. The summed E-state index contributed by atoms with van der Waals surface area (Å²) in [6, 6.07) is 0. The van der Waals surface area contributed by atoms with Gasteiger partial charge in [-0.15, -0.1) is 0 Å². The fourth-order valence-corrected chi connectivity index (χ4v) is 0.811. The van der Waals surface area contributed by atoms with Gasteiger partial charge in [-0.25, -0.2) is 0 Å². The molecule has 0 bridgehead atoms. The first-order valence-electron chi connectivity index (χ1n) is 3.23. The molecule has 1 radical (unpaired) electrons. The predicted octanol–water partition coefficient (Wildman–Crippen LogP) is 1.83. The molecule has 1 heteroatoms. The first-order chi connectivity index (χ1) is 4.00. The number of hydrogen-bond acceptors (Lipinski definition) is 1. The van der Waals surface area contributed by atoms with Crippen LogP contribution in [0.3, 0.4) is 0 Å². The summed E-state index contributed by atoms with van der Waals surface area (Å²) in [5.41, 5.74) is 0. The molecule has 0 saturated carbocycles. The molecule has 0 amide bonds. The molecule has 0 atom stereocenters. The standard InChI is InChI=1S/C7H12N/c1-2-4-6-8-7-5-3-1/h4,6-8H,1-3,5H2. The van der Waals surface area contributed by atoms with Crippen LogP contribution in [-0.2, 0) is 0 Å². The fourth-order valence-electron chi connectivity index (χ4n) is 0.811. The third-order valence-corrected chi connectivity index (χ3v) is 1.30. The van der Waals surface area contributed by atoms with E-state index in [1.807, 2.05) is 6.20 Å². The van der Waals surface area contributed by atoms with Gasteiger partial charge in [0.05, 0.1) is 0 Å². The fraction of sp³-hybridized carbons (Fsp3) is 0.571. The lowest BCUT2D eigenvalue weighted by molar-refractivity contribution is 0.697. The summed E-state index contributed by atoms with van der Waals surface area (Å²) in [4.78, 5) is 0. The molecule has 45 valence electrons. The van der Waals surface area contributed by atoms with Gasteiger partial charge < -0.3 is 5.32 Å². The minimum Gasteiger partial charge on any atom is -0.386 e. The van der Waals surface area contributed by atoms with Crippen LogP contribution in [0.25, 0.3) is 0 Å². The Hall–Kier alpha value is -0.460. The highest BCUT2D eigenvalue weighted by atomic mass is 14.8. The zero-order valence-corrected chi connectivity index (χ0v) is 5.06. The van der Waals surface area contributed by atoms with E-state index in [2.05, 4.69) is 17.9 Å². The van der Waals surface area contributed by atoms with Crippen LogP contribution in [0.1, 0.15) is 25.7 Å². The van der Waals surface area contributed by atoms with Gasteiger partial charge in [-0.3, -0.25) is 0 Å². The van der Waals surface area contributed by atoms with Crippen LogP contribution in [0.2, 0.25) is 0 Å². The maximum Gasteiger partial charge on any atom is 0.0456 e. The molecule has 1 rings (SSSR count). The molecule has 8 heavy (non-hydrogen) atoms.